The molecule has 1 aliphatic heterocycles. The van der Waals surface area contributed by atoms with E-state index in [1.807, 2.05) is 6.92 Å². The van der Waals surface area contributed by atoms with E-state index in [-0.39, 0.29) is 17.6 Å². The molecule has 1 saturated heterocycles. The first kappa shape index (κ1) is 18.7. The number of para-hydroxylation sites is 1. The van der Waals surface area contributed by atoms with Gasteiger partial charge in [-0.2, -0.15) is 13.2 Å². The lowest BCUT2D eigenvalue weighted by molar-refractivity contribution is -0.145. The Morgan fingerprint density at radius 1 is 1.23 bits per heavy atom. The van der Waals surface area contributed by atoms with E-state index in [1.165, 1.54) is 18.2 Å². The molecular weight excluding hydrogens is 345 g/mol. The quantitative estimate of drug-likeness (QED) is 0.809. The summed E-state index contributed by atoms with van der Waals surface area (Å²) in [6.07, 6.45) is -0.100. The molecule has 3 rings (SSSR count). The predicted molar refractivity (Wildman–Crippen MR) is 91.4 cm³/mol. The molecule has 0 aromatic heterocycles. The summed E-state index contributed by atoms with van der Waals surface area (Å²) in [4.78, 5) is 27.5. The molecular formula is C19H23F3N2O2. The lowest BCUT2D eigenvalue weighted by atomic mass is 9.95. The van der Waals surface area contributed by atoms with Crippen molar-refractivity contribution in [3.05, 3.63) is 29.8 Å². The molecule has 1 atom stereocenters. The van der Waals surface area contributed by atoms with Crippen molar-refractivity contribution in [3.63, 3.8) is 0 Å². The molecule has 142 valence electrons. The maximum absolute atomic E-state index is 13.1. The van der Waals surface area contributed by atoms with Gasteiger partial charge in [-0.25, -0.2) is 0 Å². The summed E-state index contributed by atoms with van der Waals surface area (Å²) < 4.78 is 39.4. The minimum absolute atomic E-state index is 0.115. The standard InChI is InChI=1S/C19H23F3N2O2/c1-2-13-7-5-6-12-24(13)17(26)18(10-11-18)16(25)23-15-9-4-3-8-14(15)19(20,21)22/h3-4,8-9,13H,2,5-7,10-12H2,1H3,(H,23,25). The number of piperidine rings is 1. The minimum Gasteiger partial charge on any atom is -0.339 e. The molecule has 7 heteroatoms. The van der Waals surface area contributed by atoms with Gasteiger partial charge in [-0.05, 0) is 50.7 Å². The fraction of sp³-hybridized carbons (Fsp3) is 0.579. The molecule has 1 unspecified atom stereocenters. The summed E-state index contributed by atoms with van der Waals surface area (Å²) in [7, 11) is 0. The number of amides is 2. The molecule has 1 aliphatic carbocycles. The second-order valence-electron chi connectivity index (χ2n) is 7.14. The van der Waals surface area contributed by atoms with E-state index >= 15 is 0 Å². The van der Waals surface area contributed by atoms with Crippen LogP contribution in [0.3, 0.4) is 0 Å². The fourth-order valence-electron chi connectivity index (χ4n) is 3.71. The monoisotopic (exact) mass is 368 g/mol. The summed E-state index contributed by atoms with van der Waals surface area (Å²) in [5.41, 5.74) is -2.40. The van der Waals surface area contributed by atoms with Crippen molar-refractivity contribution in [2.45, 2.75) is 57.7 Å². The number of nitrogens with one attached hydrogen (secondary N) is 1. The maximum Gasteiger partial charge on any atom is 0.418 e. The molecule has 1 aromatic rings. The molecule has 0 bridgehead atoms. The Hall–Kier alpha value is -2.05. The van der Waals surface area contributed by atoms with E-state index in [9.17, 15) is 22.8 Å². The lowest BCUT2D eigenvalue weighted by Crippen LogP contribution is -2.49. The zero-order chi connectivity index (χ0) is 18.9. The molecule has 0 spiro atoms. The molecule has 1 saturated carbocycles. The topological polar surface area (TPSA) is 49.4 Å². The van der Waals surface area contributed by atoms with Crippen LogP contribution in [0.1, 0.15) is 51.0 Å². The van der Waals surface area contributed by atoms with Gasteiger partial charge in [0, 0.05) is 12.6 Å². The van der Waals surface area contributed by atoms with Gasteiger partial charge < -0.3 is 10.2 Å². The molecule has 2 amide bonds. The van der Waals surface area contributed by atoms with Gasteiger partial charge in [-0.3, -0.25) is 9.59 Å². The van der Waals surface area contributed by atoms with Gasteiger partial charge in [0.2, 0.25) is 11.8 Å². The highest BCUT2D eigenvalue weighted by molar-refractivity contribution is 6.13. The normalized spacial score (nSPS) is 22.0. The van der Waals surface area contributed by atoms with Crippen molar-refractivity contribution < 1.29 is 22.8 Å². The zero-order valence-corrected chi connectivity index (χ0v) is 14.7. The van der Waals surface area contributed by atoms with Crippen molar-refractivity contribution in [1.29, 1.82) is 0 Å². The van der Waals surface area contributed by atoms with Crippen molar-refractivity contribution in [1.82, 2.24) is 4.90 Å². The van der Waals surface area contributed by atoms with Gasteiger partial charge in [-0.15, -0.1) is 0 Å². The predicted octanol–water partition coefficient (Wildman–Crippen LogP) is 4.22. The van der Waals surface area contributed by atoms with Gasteiger partial charge in [0.15, 0.2) is 0 Å². The molecule has 0 radical (unpaired) electrons. The number of halogens is 3. The van der Waals surface area contributed by atoms with Crippen LogP contribution in [0.4, 0.5) is 18.9 Å². The van der Waals surface area contributed by atoms with E-state index in [2.05, 4.69) is 5.32 Å². The van der Waals surface area contributed by atoms with Crippen LogP contribution in [0.5, 0.6) is 0 Å². The number of likely N-dealkylation sites (tertiary alicyclic amines) is 1. The zero-order valence-electron chi connectivity index (χ0n) is 14.7. The van der Waals surface area contributed by atoms with Crippen LogP contribution >= 0.6 is 0 Å². The number of hydrogen-bond donors (Lipinski definition) is 1. The second kappa shape index (κ2) is 6.93. The summed E-state index contributed by atoms with van der Waals surface area (Å²) in [6.45, 7) is 2.63. The van der Waals surface area contributed by atoms with Crippen molar-refractivity contribution in [3.8, 4) is 0 Å². The number of benzene rings is 1. The van der Waals surface area contributed by atoms with E-state index < -0.39 is 23.1 Å². The molecule has 1 N–H and O–H groups in total. The van der Waals surface area contributed by atoms with Crippen molar-refractivity contribution in [2.24, 2.45) is 5.41 Å². The average molecular weight is 368 g/mol. The number of carbonyl (C=O) groups is 2. The van der Waals surface area contributed by atoms with Crippen LogP contribution < -0.4 is 5.32 Å². The number of hydrogen-bond acceptors (Lipinski definition) is 2. The highest BCUT2D eigenvalue weighted by Gasteiger charge is 2.59. The first-order valence-corrected chi connectivity index (χ1v) is 9.08. The summed E-state index contributed by atoms with van der Waals surface area (Å²) in [5.74, 6) is -0.856. The van der Waals surface area contributed by atoms with Gasteiger partial charge in [0.25, 0.3) is 0 Å². The smallest absolute Gasteiger partial charge is 0.339 e. The third kappa shape index (κ3) is 3.44. The highest BCUT2D eigenvalue weighted by atomic mass is 19.4. The fourth-order valence-corrected chi connectivity index (χ4v) is 3.71. The van der Waals surface area contributed by atoms with Crippen molar-refractivity contribution in [2.75, 3.05) is 11.9 Å². The number of nitrogens with zero attached hydrogens (tertiary/aromatic N) is 1. The molecule has 1 aromatic carbocycles. The van der Waals surface area contributed by atoms with Crippen LogP contribution in [0.2, 0.25) is 0 Å². The Morgan fingerprint density at radius 3 is 2.54 bits per heavy atom. The number of alkyl halides is 3. The first-order valence-electron chi connectivity index (χ1n) is 9.08. The summed E-state index contributed by atoms with van der Waals surface area (Å²) >= 11 is 0. The number of carbonyl (C=O) groups excluding carboxylic acids is 2. The molecule has 4 nitrogen and oxygen atoms in total. The maximum atomic E-state index is 13.1. The van der Waals surface area contributed by atoms with Crippen LogP contribution in [0.25, 0.3) is 0 Å². The van der Waals surface area contributed by atoms with E-state index in [0.29, 0.717) is 19.4 Å². The van der Waals surface area contributed by atoms with Gasteiger partial charge in [0.1, 0.15) is 5.41 Å². The molecule has 2 aliphatic rings. The molecule has 1 heterocycles. The average Bonchev–Trinajstić information content (AvgIpc) is 3.42. The van der Waals surface area contributed by atoms with E-state index in [1.54, 1.807) is 4.90 Å². The van der Waals surface area contributed by atoms with Gasteiger partial charge in [0.05, 0.1) is 11.3 Å². The minimum atomic E-state index is -4.56. The Kier molecular flexibility index (Phi) is 4.99. The van der Waals surface area contributed by atoms with Gasteiger partial charge >= 0.3 is 6.18 Å². The highest BCUT2D eigenvalue weighted by Crippen LogP contribution is 2.49. The Labute approximate surface area is 150 Å². The Morgan fingerprint density at radius 2 is 1.92 bits per heavy atom. The number of rotatable bonds is 4. The van der Waals surface area contributed by atoms with Crippen LogP contribution in [0, 0.1) is 5.41 Å². The van der Waals surface area contributed by atoms with Crippen LogP contribution in [-0.2, 0) is 15.8 Å². The van der Waals surface area contributed by atoms with E-state index in [0.717, 1.165) is 31.7 Å². The third-order valence-corrected chi connectivity index (χ3v) is 5.43. The third-order valence-electron chi connectivity index (χ3n) is 5.43. The second-order valence-corrected chi connectivity index (χ2v) is 7.14. The van der Waals surface area contributed by atoms with Gasteiger partial charge in [-0.1, -0.05) is 19.1 Å². The van der Waals surface area contributed by atoms with Crippen LogP contribution in [0.15, 0.2) is 24.3 Å². The molecule has 2 fully saturated rings. The van der Waals surface area contributed by atoms with Crippen LogP contribution in [-0.4, -0.2) is 29.3 Å². The summed E-state index contributed by atoms with van der Waals surface area (Å²) in [6, 6.07) is 4.97. The summed E-state index contributed by atoms with van der Waals surface area (Å²) in [5, 5.41) is 2.37. The SMILES string of the molecule is CCC1CCCCN1C(=O)C1(C(=O)Nc2ccccc2C(F)(F)F)CC1. The lowest BCUT2D eigenvalue weighted by Gasteiger charge is -2.37. The van der Waals surface area contributed by atoms with E-state index in [4.69, 9.17) is 0 Å². The Bertz CT molecular complexity index is 698. The molecule has 26 heavy (non-hydrogen) atoms. The number of anilines is 1. The largest absolute Gasteiger partial charge is 0.418 e. The van der Waals surface area contributed by atoms with Crippen molar-refractivity contribution >= 4 is 17.5 Å². The first-order chi connectivity index (χ1) is 12.3. The Balaban J connectivity index is 1.79.